The fraction of sp³-hybridized carbons (Fsp3) is 0.357. The Hall–Kier alpha value is -1.33. The molecule has 0 spiro atoms. The molecule has 0 aliphatic heterocycles. The SMILES string of the molecule is COc1ccc(Br)c(C(O)CCc2cnn(C)c2)c1. The molecule has 1 unspecified atom stereocenters. The van der Waals surface area contributed by atoms with Crippen molar-refractivity contribution in [3.8, 4) is 5.75 Å². The van der Waals surface area contributed by atoms with Crippen molar-refractivity contribution in [2.75, 3.05) is 7.11 Å². The number of nitrogens with zero attached hydrogens (tertiary/aromatic N) is 2. The highest BCUT2D eigenvalue weighted by Gasteiger charge is 2.13. The number of ether oxygens (including phenoxy) is 1. The van der Waals surface area contributed by atoms with Gasteiger partial charge in [-0.05, 0) is 42.2 Å². The number of aromatic nitrogens is 2. The Labute approximate surface area is 121 Å². The molecule has 1 heterocycles. The molecule has 0 saturated heterocycles. The number of aliphatic hydroxyl groups is 1. The van der Waals surface area contributed by atoms with E-state index in [0.717, 1.165) is 27.8 Å². The standard InChI is InChI=1S/C14H17BrN2O2/c1-17-9-10(8-16-17)3-6-14(18)12-7-11(19-2)4-5-13(12)15/h4-5,7-9,14,18H,3,6H2,1-2H3. The lowest BCUT2D eigenvalue weighted by molar-refractivity contribution is 0.166. The van der Waals surface area contributed by atoms with Crippen LogP contribution < -0.4 is 4.74 Å². The second kappa shape index (κ2) is 6.21. The van der Waals surface area contributed by atoms with Crippen LogP contribution in [-0.4, -0.2) is 22.0 Å². The van der Waals surface area contributed by atoms with Crippen molar-refractivity contribution in [2.45, 2.75) is 18.9 Å². The third-order valence-corrected chi connectivity index (χ3v) is 3.75. The molecular formula is C14H17BrN2O2. The minimum Gasteiger partial charge on any atom is -0.497 e. The zero-order valence-corrected chi connectivity index (χ0v) is 12.6. The van der Waals surface area contributed by atoms with Crippen molar-refractivity contribution in [3.05, 3.63) is 46.2 Å². The van der Waals surface area contributed by atoms with Gasteiger partial charge in [-0.15, -0.1) is 0 Å². The molecule has 1 atom stereocenters. The van der Waals surface area contributed by atoms with Gasteiger partial charge in [0, 0.05) is 17.7 Å². The Kier molecular flexibility index (Phi) is 4.61. The van der Waals surface area contributed by atoms with E-state index in [9.17, 15) is 5.11 Å². The fourth-order valence-electron chi connectivity index (χ4n) is 1.96. The summed E-state index contributed by atoms with van der Waals surface area (Å²) in [5, 5.41) is 14.4. The van der Waals surface area contributed by atoms with Gasteiger partial charge in [-0.3, -0.25) is 4.68 Å². The van der Waals surface area contributed by atoms with E-state index in [0.29, 0.717) is 6.42 Å². The van der Waals surface area contributed by atoms with Crippen molar-refractivity contribution in [1.29, 1.82) is 0 Å². The van der Waals surface area contributed by atoms with Crippen LogP contribution in [-0.2, 0) is 13.5 Å². The summed E-state index contributed by atoms with van der Waals surface area (Å²) >= 11 is 3.46. The summed E-state index contributed by atoms with van der Waals surface area (Å²) in [6.07, 6.45) is 4.71. The molecule has 1 N–H and O–H groups in total. The number of halogens is 1. The summed E-state index contributed by atoms with van der Waals surface area (Å²) < 4.78 is 7.84. The van der Waals surface area contributed by atoms with E-state index in [1.807, 2.05) is 37.6 Å². The van der Waals surface area contributed by atoms with Crippen LogP contribution in [0.2, 0.25) is 0 Å². The molecule has 0 aliphatic rings. The summed E-state index contributed by atoms with van der Waals surface area (Å²) in [6.45, 7) is 0. The predicted molar refractivity (Wildman–Crippen MR) is 77.2 cm³/mol. The van der Waals surface area contributed by atoms with Gasteiger partial charge < -0.3 is 9.84 Å². The Morgan fingerprint density at radius 2 is 2.26 bits per heavy atom. The van der Waals surface area contributed by atoms with Crippen LogP contribution >= 0.6 is 15.9 Å². The minimum absolute atomic E-state index is 0.523. The second-order valence-corrected chi connectivity index (χ2v) is 5.32. The molecule has 5 heteroatoms. The third-order valence-electron chi connectivity index (χ3n) is 3.03. The van der Waals surface area contributed by atoms with Gasteiger partial charge in [0.1, 0.15) is 5.75 Å². The van der Waals surface area contributed by atoms with Gasteiger partial charge in [0.05, 0.1) is 19.4 Å². The van der Waals surface area contributed by atoms with E-state index in [1.165, 1.54) is 0 Å². The molecule has 102 valence electrons. The molecule has 0 bridgehead atoms. The van der Waals surface area contributed by atoms with Crippen LogP contribution in [0.25, 0.3) is 0 Å². The molecule has 2 rings (SSSR count). The molecule has 0 amide bonds. The van der Waals surface area contributed by atoms with E-state index < -0.39 is 6.10 Å². The van der Waals surface area contributed by atoms with Gasteiger partial charge in [-0.25, -0.2) is 0 Å². The van der Waals surface area contributed by atoms with Gasteiger partial charge in [-0.2, -0.15) is 5.10 Å². The molecule has 0 aliphatic carbocycles. The molecule has 0 fully saturated rings. The van der Waals surface area contributed by atoms with E-state index in [4.69, 9.17) is 4.74 Å². The Bertz CT molecular complexity index is 554. The van der Waals surface area contributed by atoms with Crippen LogP contribution in [0.1, 0.15) is 23.7 Å². The van der Waals surface area contributed by atoms with Gasteiger partial charge in [0.25, 0.3) is 0 Å². The zero-order chi connectivity index (χ0) is 13.8. The highest BCUT2D eigenvalue weighted by molar-refractivity contribution is 9.10. The highest BCUT2D eigenvalue weighted by Crippen LogP contribution is 2.30. The minimum atomic E-state index is -0.523. The first-order chi connectivity index (χ1) is 9.10. The van der Waals surface area contributed by atoms with E-state index >= 15 is 0 Å². The van der Waals surface area contributed by atoms with Crippen LogP contribution in [0.5, 0.6) is 5.75 Å². The zero-order valence-electron chi connectivity index (χ0n) is 11.0. The number of hydrogen-bond acceptors (Lipinski definition) is 3. The smallest absolute Gasteiger partial charge is 0.119 e. The van der Waals surface area contributed by atoms with Gasteiger partial charge in [-0.1, -0.05) is 15.9 Å². The molecule has 0 saturated carbocycles. The van der Waals surface area contributed by atoms with Crippen molar-refractivity contribution in [1.82, 2.24) is 9.78 Å². The second-order valence-electron chi connectivity index (χ2n) is 4.46. The van der Waals surface area contributed by atoms with E-state index in [-0.39, 0.29) is 0 Å². The van der Waals surface area contributed by atoms with Gasteiger partial charge in [0.15, 0.2) is 0 Å². The number of benzene rings is 1. The lowest BCUT2D eigenvalue weighted by atomic mass is 10.0. The number of rotatable bonds is 5. The topological polar surface area (TPSA) is 47.3 Å². The van der Waals surface area contributed by atoms with Crippen molar-refractivity contribution < 1.29 is 9.84 Å². The van der Waals surface area contributed by atoms with E-state index in [1.54, 1.807) is 11.8 Å². The molecule has 2 aromatic rings. The molecule has 1 aromatic carbocycles. The Balaban J connectivity index is 2.04. The lowest BCUT2D eigenvalue weighted by Gasteiger charge is -2.13. The number of hydrogen-bond donors (Lipinski definition) is 1. The molecule has 4 nitrogen and oxygen atoms in total. The van der Waals surface area contributed by atoms with Crippen LogP contribution in [0.4, 0.5) is 0 Å². The summed E-state index contributed by atoms with van der Waals surface area (Å²) in [4.78, 5) is 0. The van der Waals surface area contributed by atoms with Gasteiger partial charge in [0.2, 0.25) is 0 Å². The summed E-state index contributed by atoms with van der Waals surface area (Å²) in [5.41, 5.74) is 1.98. The van der Waals surface area contributed by atoms with Gasteiger partial charge >= 0.3 is 0 Å². The van der Waals surface area contributed by atoms with E-state index in [2.05, 4.69) is 21.0 Å². The fourth-order valence-corrected chi connectivity index (χ4v) is 2.47. The first-order valence-electron chi connectivity index (χ1n) is 6.09. The average Bonchev–Trinajstić information content (AvgIpc) is 2.82. The maximum Gasteiger partial charge on any atom is 0.119 e. The lowest BCUT2D eigenvalue weighted by Crippen LogP contribution is -2.01. The maximum absolute atomic E-state index is 10.3. The summed E-state index contributed by atoms with van der Waals surface area (Å²) in [6, 6.07) is 5.61. The molecule has 1 aromatic heterocycles. The first kappa shape index (κ1) is 14.1. The Morgan fingerprint density at radius 1 is 1.47 bits per heavy atom. The third kappa shape index (κ3) is 3.58. The summed E-state index contributed by atoms with van der Waals surface area (Å²) in [7, 11) is 3.51. The van der Waals surface area contributed by atoms with Crippen molar-refractivity contribution in [3.63, 3.8) is 0 Å². The molecule has 0 radical (unpaired) electrons. The number of aryl methyl sites for hydroxylation is 2. The quantitative estimate of drug-likeness (QED) is 0.919. The van der Waals surface area contributed by atoms with Crippen molar-refractivity contribution >= 4 is 15.9 Å². The maximum atomic E-state index is 10.3. The van der Waals surface area contributed by atoms with Crippen LogP contribution in [0.3, 0.4) is 0 Å². The van der Waals surface area contributed by atoms with Crippen LogP contribution in [0, 0.1) is 0 Å². The normalized spacial score (nSPS) is 12.4. The number of aliphatic hydroxyl groups excluding tert-OH is 1. The largest absolute Gasteiger partial charge is 0.497 e. The predicted octanol–water partition coefficient (Wildman–Crippen LogP) is 2.86. The first-order valence-corrected chi connectivity index (χ1v) is 6.88. The summed E-state index contributed by atoms with van der Waals surface area (Å²) in [5.74, 6) is 0.749. The highest BCUT2D eigenvalue weighted by atomic mass is 79.9. The Morgan fingerprint density at radius 3 is 2.89 bits per heavy atom. The number of methoxy groups -OCH3 is 1. The molecular weight excluding hydrogens is 308 g/mol. The monoisotopic (exact) mass is 324 g/mol. The van der Waals surface area contributed by atoms with Crippen molar-refractivity contribution in [2.24, 2.45) is 7.05 Å². The van der Waals surface area contributed by atoms with Crippen LogP contribution in [0.15, 0.2) is 35.1 Å². The molecule has 19 heavy (non-hydrogen) atoms. The average molecular weight is 325 g/mol.